The van der Waals surface area contributed by atoms with Crippen LogP contribution in [0, 0.1) is 0 Å². The molecule has 0 aliphatic carbocycles. The number of carbonyl (C=O) groups is 2. The second-order valence-electron chi connectivity index (χ2n) is 8.99. The number of nitrogens with two attached hydrogens (primary N) is 1. The summed E-state index contributed by atoms with van der Waals surface area (Å²) in [6.07, 6.45) is -0.973. The van der Waals surface area contributed by atoms with E-state index in [9.17, 15) is 22.8 Å². The number of likely N-dealkylation sites (tertiary alicyclic amines) is 1. The van der Waals surface area contributed by atoms with Crippen molar-refractivity contribution in [2.24, 2.45) is 0 Å². The van der Waals surface area contributed by atoms with Crippen molar-refractivity contribution in [3.05, 3.63) is 65.7 Å². The number of amides is 2. The van der Waals surface area contributed by atoms with Crippen molar-refractivity contribution < 1.29 is 27.9 Å². The van der Waals surface area contributed by atoms with Crippen LogP contribution in [0.4, 0.5) is 24.8 Å². The Morgan fingerprint density at radius 3 is 2.46 bits per heavy atom. The number of alkyl halides is 3. The van der Waals surface area contributed by atoms with E-state index in [2.05, 4.69) is 20.3 Å². The Hall–Kier alpha value is -4.59. The van der Waals surface area contributed by atoms with E-state index >= 15 is 0 Å². The molecule has 4 aromatic rings. The van der Waals surface area contributed by atoms with Crippen LogP contribution in [0.5, 0.6) is 0 Å². The van der Waals surface area contributed by atoms with Crippen molar-refractivity contribution >= 4 is 34.5 Å². The molecule has 39 heavy (non-hydrogen) atoms. The number of aromatic nitrogens is 5. The standard InChI is InChI=1S/C25H23F3N8O3/c26-25(27,28)16-5-8-30-18(11-16)33-24(39)15-1-3-17(4-2-15)36-22-21(31-13-32-23(22)29)20(34-36)14-6-9-35(10-7-14)19(38)12-37/h1-5,8,11,13-14,37H,6-7,9-10,12H2,(H2,29,31,32)(H,30,33,39). The third-order valence-corrected chi connectivity index (χ3v) is 6.59. The highest BCUT2D eigenvalue weighted by Crippen LogP contribution is 2.34. The number of nitrogens with one attached hydrogen (secondary N) is 1. The zero-order valence-electron chi connectivity index (χ0n) is 20.4. The molecule has 1 aliphatic heterocycles. The van der Waals surface area contributed by atoms with Crippen LogP contribution in [0.15, 0.2) is 48.9 Å². The SMILES string of the molecule is Nc1ncnc2c(C3CCN(C(=O)CO)CC3)nn(-c3ccc(C(=O)Nc4cc(C(F)(F)F)ccn4)cc3)c12. The minimum absolute atomic E-state index is 0.00388. The highest BCUT2D eigenvalue weighted by Gasteiger charge is 2.31. The number of hydrogen-bond donors (Lipinski definition) is 3. The Bertz CT molecular complexity index is 1530. The van der Waals surface area contributed by atoms with Crippen LogP contribution in [0.25, 0.3) is 16.7 Å². The van der Waals surface area contributed by atoms with Gasteiger partial charge in [-0.15, -0.1) is 0 Å². The molecule has 2 amide bonds. The van der Waals surface area contributed by atoms with Crippen LogP contribution in [-0.2, 0) is 11.0 Å². The maximum Gasteiger partial charge on any atom is 0.416 e. The number of carbonyl (C=O) groups excluding carboxylic acids is 2. The number of aliphatic hydroxyl groups is 1. The maximum absolute atomic E-state index is 13.0. The van der Waals surface area contributed by atoms with E-state index in [4.69, 9.17) is 15.9 Å². The Labute approximate surface area is 219 Å². The number of benzene rings is 1. The lowest BCUT2D eigenvalue weighted by atomic mass is 9.93. The summed E-state index contributed by atoms with van der Waals surface area (Å²) in [7, 11) is 0. The van der Waals surface area contributed by atoms with Gasteiger partial charge in [-0.2, -0.15) is 18.3 Å². The molecule has 0 bridgehead atoms. The highest BCUT2D eigenvalue weighted by atomic mass is 19.4. The molecule has 0 spiro atoms. The van der Waals surface area contributed by atoms with Gasteiger partial charge >= 0.3 is 6.18 Å². The van der Waals surface area contributed by atoms with Gasteiger partial charge in [0.1, 0.15) is 29.8 Å². The molecule has 202 valence electrons. The van der Waals surface area contributed by atoms with E-state index in [0.717, 1.165) is 18.3 Å². The fraction of sp³-hybridized carbons (Fsp3) is 0.280. The van der Waals surface area contributed by atoms with Gasteiger partial charge in [-0.05, 0) is 49.2 Å². The molecule has 5 rings (SSSR count). The van der Waals surface area contributed by atoms with E-state index in [-0.39, 0.29) is 29.0 Å². The summed E-state index contributed by atoms with van der Waals surface area (Å²) in [5, 5.41) is 16.3. The van der Waals surface area contributed by atoms with E-state index in [1.54, 1.807) is 21.7 Å². The van der Waals surface area contributed by atoms with E-state index < -0.39 is 24.3 Å². The molecule has 0 unspecified atom stereocenters. The number of halogens is 3. The molecule has 0 radical (unpaired) electrons. The molecule has 3 aromatic heterocycles. The smallest absolute Gasteiger partial charge is 0.387 e. The maximum atomic E-state index is 13.0. The molecule has 1 fully saturated rings. The first-order valence-corrected chi connectivity index (χ1v) is 12.0. The minimum Gasteiger partial charge on any atom is -0.387 e. The summed E-state index contributed by atoms with van der Waals surface area (Å²) >= 11 is 0. The van der Waals surface area contributed by atoms with E-state index in [1.807, 2.05) is 0 Å². The van der Waals surface area contributed by atoms with E-state index in [0.29, 0.717) is 48.3 Å². The Morgan fingerprint density at radius 2 is 1.79 bits per heavy atom. The van der Waals surface area contributed by atoms with Crippen molar-refractivity contribution in [1.29, 1.82) is 0 Å². The largest absolute Gasteiger partial charge is 0.416 e. The molecule has 1 aliphatic rings. The van der Waals surface area contributed by atoms with Gasteiger partial charge in [0.15, 0.2) is 5.82 Å². The third kappa shape index (κ3) is 5.23. The average molecular weight is 541 g/mol. The van der Waals surface area contributed by atoms with Crippen molar-refractivity contribution in [3.8, 4) is 5.69 Å². The van der Waals surface area contributed by atoms with Crippen LogP contribution >= 0.6 is 0 Å². The third-order valence-electron chi connectivity index (χ3n) is 6.59. The number of nitrogen functional groups attached to an aromatic ring is 1. The summed E-state index contributed by atoms with van der Waals surface area (Å²) in [5.74, 6) is -0.965. The lowest BCUT2D eigenvalue weighted by Gasteiger charge is -2.30. The first-order valence-electron chi connectivity index (χ1n) is 12.0. The van der Waals surface area contributed by atoms with E-state index in [1.165, 1.54) is 18.5 Å². The van der Waals surface area contributed by atoms with Gasteiger partial charge in [-0.1, -0.05) is 0 Å². The number of anilines is 2. The summed E-state index contributed by atoms with van der Waals surface area (Å²) in [5.41, 5.74) is 7.79. The molecule has 4 N–H and O–H groups in total. The van der Waals surface area contributed by atoms with Gasteiger partial charge in [-0.3, -0.25) is 9.59 Å². The Kier molecular flexibility index (Phi) is 6.87. The van der Waals surface area contributed by atoms with Crippen molar-refractivity contribution in [1.82, 2.24) is 29.6 Å². The average Bonchev–Trinajstić information content (AvgIpc) is 3.33. The van der Waals surface area contributed by atoms with Crippen LogP contribution in [-0.4, -0.2) is 66.2 Å². The fourth-order valence-electron chi connectivity index (χ4n) is 4.58. The molecular weight excluding hydrogens is 517 g/mol. The number of hydrogen-bond acceptors (Lipinski definition) is 8. The van der Waals surface area contributed by atoms with Gasteiger partial charge in [0.2, 0.25) is 5.91 Å². The monoisotopic (exact) mass is 540 g/mol. The van der Waals surface area contributed by atoms with Crippen molar-refractivity contribution in [2.45, 2.75) is 24.9 Å². The normalized spacial score (nSPS) is 14.5. The predicted molar refractivity (Wildman–Crippen MR) is 134 cm³/mol. The molecule has 1 aromatic carbocycles. The van der Waals surface area contributed by atoms with Crippen LogP contribution < -0.4 is 11.1 Å². The zero-order chi connectivity index (χ0) is 27.7. The van der Waals surface area contributed by atoms with Gasteiger partial charge in [0, 0.05) is 30.8 Å². The molecule has 1 saturated heterocycles. The van der Waals surface area contributed by atoms with Crippen LogP contribution in [0.1, 0.15) is 40.4 Å². The molecule has 0 saturated carbocycles. The van der Waals surface area contributed by atoms with Crippen LogP contribution in [0.3, 0.4) is 0 Å². The number of pyridine rings is 1. The van der Waals surface area contributed by atoms with Gasteiger partial charge in [0.05, 0.1) is 16.9 Å². The number of fused-ring (bicyclic) bond motifs is 1. The number of piperidine rings is 1. The van der Waals surface area contributed by atoms with Gasteiger partial charge in [-0.25, -0.2) is 19.6 Å². The first kappa shape index (κ1) is 26.0. The highest BCUT2D eigenvalue weighted by molar-refractivity contribution is 6.04. The fourth-order valence-corrected chi connectivity index (χ4v) is 4.58. The number of aliphatic hydroxyl groups excluding tert-OH is 1. The topological polar surface area (TPSA) is 152 Å². The van der Waals surface area contributed by atoms with Gasteiger partial charge < -0.3 is 21.1 Å². The Morgan fingerprint density at radius 1 is 1.08 bits per heavy atom. The lowest BCUT2D eigenvalue weighted by Crippen LogP contribution is -2.39. The molecular formula is C25H23F3N8O3. The molecule has 0 atom stereocenters. The first-order chi connectivity index (χ1) is 18.7. The van der Waals surface area contributed by atoms with Gasteiger partial charge in [0.25, 0.3) is 5.91 Å². The number of nitrogens with zero attached hydrogens (tertiary/aromatic N) is 6. The predicted octanol–water partition coefficient (Wildman–Crippen LogP) is 2.76. The second kappa shape index (κ2) is 10.3. The summed E-state index contributed by atoms with van der Waals surface area (Å²) in [4.78, 5) is 38.4. The molecule has 14 heteroatoms. The quantitative estimate of drug-likeness (QED) is 0.350. The number of rotatable bonds is 5. The second-order valence-corrected chi connectivity index (χ2v) is 8.99. The van der Waals surface area contributed by atoms with Crippen molar-refractivity contribution in [3.63, 3.8) is 0 Å². The van der Waals surface area contributed by atoms with Crippen LogP contribution in [0.2, 0.25) is 0 Å². The summed E-state index contributed by atoms with van der Waals surface area (Å²) < 4.78 is 40.5. The van der Waals surface area contributed by atoms with Crippen molar-refractivity contribution in [2.75, 3.05) is 30.7 Å². The summed E-state index contributed by atoms with van der Waals surface area (Å²) in [6.45, 7) is 0.420. The lowest BCUT2D eigenvalue weighted by molar-refractivity contribution is -0.137. The Balaban J connectivity index is 1.39. The molecule has 4 heterocycles. The minimum atomic E-state index is -4.56. The summed E-state index contributed by atoms with van der Waals surface area (Å²) in [6, 6.07) is 7.84. The zero-order valence-corrected chi connectivity index (χ0v) is 20.4. The molecule has 11 nitrogen and oxygen atoms in total.